The van der Waals surface area contributed by atoms with Gasteiger partial charge in [0.2, 0.25) is 0 Å². The summed E-state index contributed by atoms with van der Waals surface area (Å²) in [6.07, 6.45) is 7.67. The molecule has 138 valence electrons. The van der Waals surface area contributed by atoms with Crippen molar-refractivity contribution in [1.29, 1.82) is 0 Å². The molecule has 4 rings (SSSR count). The number of nitrogens with zero attached hydrogens (tertiary/aromatic N) is 6. The van der Waals surface area contributed by atoms with E-state index in [1.54, 1.807) is 0 Å². The van der Waals surface area contributed by atoms with Gasteiger partial charge in [0.15, 0.2) is 0 Å². The molecule has 2 aromatic rings. The van der Waals surface area contributed by atoms with Crippen molar-refractivity contribution in [2.24, 2.45) is 0 Å². The molecule has 4 heterocycles. The minimum atomic E-state index is 0.876. The first-order valence-electron chi connectivity index (χ1n) is 9.75. The molecule has 0 N–H and O–H groups in total. The number of aryl methyl sites for hydroxylation is 1. The minimum Gasteiger partial charge on any atom is -0.356 e. The predicted octanol–water partition coefficient (Wildman–Crippen LogP) is 2.49. The smallest absolute Gasteiger partial charge is 0.134 e. The second-order valence-corrected chi connectivity index (χ2v) is 7.30. The molecule has 0 saturated carbocycles. The molecule has 6 nitrogen and oxygen atoms in total. The summed E-state index contributed by atoms with van der Waals surface area (Å²) < 4.78 is 0. The van der Waals surface area contributed by atoms with E-state index in [-0.39, 0.29) is 0 Å². The van der Waals surface area contributed by atoms with Gasteiger partial charge in [-0.25, -0.2) is 9.97 Å². The highest BCUT2D eigenvalue weighted by molar-refractivity contribution is 5.51. The fourth-order valence-corrected chi connectivity index (χ4v) is 3.87. The average Bonchev–Trinajstić information content (AvgIpc) is 2.70. The standard InChI is InChI=1S/C20H28N6/c1-17-22-19(25-8-3-2-4-9-25)14-20(23-17)26-12-10-24(11-13-26)16-18-6-5-7-21-15-18/h5-7,14-15H,2-4,8-13,16H2,1H3. The van der Waals surface area contributed by atoms with Crippen LogP contribution < -0.4 is 9.80 Å². The highest BCUT2D eigenvalue weighted by Gasteiger charge is 2.20. The van der Waals surface area contributed by atoms with Crippen molar-refractivity contribution in [1.82, 2.24) is 19.9 Å². The van der Waals surface area contributed by atoms with Crippen molar-refractivity contribution < 1.29 is 0 Å². The number of hydrogen-bond donors (Lipinski definition) is 0. The molecular formula is C20H28N6. The van der Waals surface area contributed by atoms with E-state index in [1.807, 2.05) is 25.4 Å². The molecule has 2 aliphatic heterocycles. The van der Waals surface area contributed by atoms with Gasteiger partial charge >= 0.3 is 0 Å². The van der Waals surface area contributed by atoms with Gasteiger partial charge in [0.25, 0.3) is 0 Å². The molecule has 2 aliphatic rings. The molecule has 0 unspecified atom stereocenters. The van der Waals surface area contributed by atoms with Crippen LogP contribution in [0.2, 0.25) is 0 Å². The Morgan fingerprint density at radius 1 is 0.885 bits per heavy atom. The summed E-state index contributed by atoms with van der Waals surface area (Å²) >= 11 is 0. The zero-order valence-corrected chi connectivity index (χ0v) is 15.6. The third kappa shape index (κ3) is 4.12. The van der Waals surface area contributed by atoms with E-state index in [2.05, 4.69) is 31.8 Å². The lowest BCUT2D eigenvalue weighted by molar-refractivity contribution is 0.249. The van der Waals surface area contributed by atoms with Crippen LogP contribution >= 0.6 is 0 Å². The Hall–Kier alpha value is -2.21. The lowest BCUT2D eigenvalue weighted by Gasteiger charge is -2.36. The molecule has 0 aromatic carbocycles. The van der Waals surface area contributed by atoms with Crippen molar-refractivity contribution in [2.45, 2.75) is 32.7 Å². The van der Waals surface area contributed by atoms with Crippen LogP contribution in [0.3, 0.4) is 0 Å². The van der Waals surface area contributed by atoms with Gasteiger partial charge < -0.3 is 9.80 Å². The lowest BCUT2D eigenvalue weighted by atomic mass is 10.1. The third-order valence-electron chi connectivity index (χ3n) is 5.32. The number of aromatic nitrogens is 3. The van der Waals surface area contributed by atoms with Crippen LogP contribution in [0.15, 0.2) is 30.6 Å². The molecule has 0 radical (unpaired) electrons. The molecule has 2 aromatic heterocycles. The van der Waals surface area contributed by atoms with Gasteiger partial charge in [-0.15, -0.1) is 0 Å². The summed E-state index contributed by atoms with van der Waals surface area (Å²) in [5.74, 6) is 3.06. The first-order chi connectivity index (χ1) is 12.8. The quantitative estimate of drug-likeness (QED) is 0.843. The van der Waals surface area contributed by atoms with Gasteiger partial charge in [-0.3, -0.25) is 9.88 Å². The number of pyridine rings is 1. The second kappa shape index (κ2) is 7.99. The van der Waals surface area contributed by atoms with Crippen LogP contribution in [0.5, 0.6) is 0 Å². The van der Waals surface area contributed by atoms with Crippen molar-refractivity contribution >= 4 is 11.6 Å². The molecule has 2 fully saturated rings. The van der Waals surface area contributed by atoms with Gasteiger partial charge in [0.05, 0.1) is 0 Å². The maximum Gasteiger partial charge on any atom is 0.134 e. The third-order valence-corrected chi connectivity index (χ3v) is 5.32. The Morgan fingerprint density at radius 2 is 1.58 bits per heavy atom. The minimum absolute atomic E-state index is 0.876. The average molecular weight is 352 g/mol. The zero-order valence-electron chi connectivity index (χ0n) is 15.6. The summed E-state index contributed by atoms with van der Waals surface area (Å²) in [5.41, 5.74) is 1.28. The van der Waals surface area contributed by atoms with E-state index in [9.17, 15) is 0 Å². The Kier molecular flexibility index (Phi) is 5.29. The molecule has 0 bridgehead atoms. The number of hydrogen-bond acceptors (Lipinski definition) is 6. The van der Waals surface area contributed by atoms with Crippen LogP contribution in [0, 0.1) is 6.92 Å². The molecule has 0 spiro atoms. The highest BCUT2D eigenvalue weighted by Crippen LogP contribution is 2.23. The van der Waals surface area contributed by atoms with Crippen LogP contribution in [-0.4, -0.2) is 59.1 Å². The van der Waals surface area contributed by atoms with E-state index >= 15 is 0 Å². The van der Waals surface area contributed by atoms with Gasteiger partial charge in [-0.2, -0.15) is 0 Å². The monoisotopic (exact) mass is 352 g/mol. The van der Waals surface area contributed by atoms with Crippen molar-refractivity contribution in [3.8, 4) is 0 Å². The Balaban J connectivity index is 1.40. The summed E-state index contributed by atoms with van der Waals surface area (Å²) in [6, 6.07) is 6.35. The van der Waals surface area contributed by atoms with Crippen molar-refractivity contribution in [3.05, 3.63) is 42.0 Å². The van der Waals surface area contributed by atoms with E-state index in [0.717, 1.165) is 63.3 Å². The summed E-state index contributed by atoms with van der Waals surface area (Å²) in [6.45, 7) is 9.35. The topological polar surface area (TPSA) is 48.4 Å². The van der Waals surface area contributed by atoms with Gasteiger partial charge in [-0.05, 0) is 37.8 Å². The van der Waals surface area contributed by atoms with Gasteiger partial charge in [-0.1, -0.05) is 6.07 Å². The fourth-order valence-electron chi connectivity index (χ4n) is 3.87. The number of rotatable bonds is 4. The predicted molar refractivity (Wildman–Crippen MR) is 105 cm³/mol. The second-order valence-electron chi connectivity index (χ2n) is 7.30. The normalized spacial score (nSPS) is 19.0. The number of anilines is 2. The van der Waals surface area contributed by atoms with Crippen molar-refractivity contribution in [3.63, 3.8) is 0 Å². The molecule has 0 aliphatic carbocycles. The summed E-state index contributed by atoms with van der Waals surface area (Å²) in [5, 5.41) is 0. The zero-order chi connectivity index (χ0) is 17.8. The molecule has 2 saturated heterocycles. The lowest BCUT2D eigenvalue weighted by Crippen LogP contribution is -2.46. The van der Waals surface area contributed by atoms with Gasteiger partial charge in [0.1, 0.15) is 17.5 Å². The number of piperazine rings is 1. The number of piperidine rings is 1. The first kappa shape index (κ1) is 17.2. The Morgan fingerprint density at radius 3 is 2.23 bits per heavy atom. The SMILES string of the molecule is Cc1nc(N2CCCCC2)cc(N2CCN(Cc3cccnc3)CC2)n1. The molecule has 26 heavy (non-hydrogen) atoms. The van der Waals surface area contributed by atoms with Crippen LogP contribution in [0.25, 0.3) is 0 Å². The summed E-state index contributed by atoms with van der Waals surface area (Å²) in [7, 11) is 0. The Bertz CT molecular complexity index is 705. The van der Waals surface area contributed by atoms with Crippen LogP contribution in [-0.2, 0) is 6.54 Å². The van der Waals surface area contributed by atoms with E-state index in [0.29, 0.717) is 0 Å². The van der Waals surface area contributed by atoms with Gasteiger partial charge in [0, 0.05) is 64.3 Å². The molecule has 0 amide bonds. The van der Waals surface area contributed by atoms with E-state index in [1.165, 1.54) is 24.8 Å². The highest BCUT2D eigenvalue weighted by atomic mass is 15.3. The van der Waals surface area contributed by atoms with E-state index in [4.69, 9.17) is 9.97 Å². The first-order valence-corrected chi connectivity index (χ1v) is 9.75. The van der Waals surface area contributed by atoms with Crippen LogP contribution in [0.4, 0.5) is 11.6 Å². The molecular weight excluding hydrogens is 324 g/mol. The Labute approximate surface area is 155 Å². The maximum atomic E-state index is 4.72. The largest absolute Gasteiger partial charge is 0.356 e. The fraction of sp³-hybridized carbons (Fsp3) is 0.550. The van der Waals surface area contributed by atoms with E-state index < -0.39 is 0 Å². The maximum absolute atomic E-state index is 4.72. The summed E-state index contributed by atoms with van der Waals surface area (Å²) in [4.78, 5) is 20.9. The van der Waals surface area contributed by atoms with Crippen molar-refractivity contribution in [2.75, 3.05) is 49.1 Å². The van der Waals surface area contributed by atoms with Crippen LogP contribution in [0.1, 0.15) is 30.7 Å². The molecule has 6 heteroatoms. The molecule has 0 atom stereocenters.